The van der Waals surface area contributed by atoms with E-state index in [1.165, 1.54) is 32.5 Å². The van der Waals surface area contributed by atoms with Gasteiger partial charge in [0.2, 0.25) is 0 Å². The van der Waals surface area contributed by atoms with Crippen LogP contribution in [0.25, 0.3) is 0 Å². The zero-order valence-electron chi connectivity index (χ0n) is 11.8. The van der Waals surface area contributed by atoms with E-state index in [1.807, 2.05) is 24.3 Å². The summed E-state index contributed by atoms with van der Waals surface area (Å²) in [6.07, 6.45) is 3.12. The second-order valence-corrected chi connectivity index (χ2v) is 6.43. The SMILES string of the molecule is OC(CCN1CCN2CCCC2C1)c1ccc(Cl)cc1. The minimum absolute atomic E-state index is 0.381. The molecule has 0 bridgehead atoms. The minimum Gasteiger partial charge on any atom is -0.388 e. The first-order valence-corrected chi connectivity index (χ1v) is 8.00. The Bertz CT molecular complexity index is 437. The Morgan fingerprint density at radius 3 is 2.80 bits per heavy atom. The predicted octanol–water partition coefficient (Wildman–Crippen LogP) is 2.54. The molecule has 0 aliphatic carbocycles. The number of hydrogen-bond acceptors (Lipinski definition) is 3. The van der Waals surface area contributed by atoms with E-state index in [4.69, 9.17) is 11.6 Å². The molecule has 2 aliphatic heterocycles. The molecule has 3 rings (SSSR count). The first-order valence-electron chi connectivity index (χ1n) is 7.62. The van der Waals surface area contributed by atoms with E-state index in [1.54, 1.807) is 0 Å². The fraction of sp³-hybridized carbons (Fsp3) is 0.625. The van der Waals surface area contributed by atoms with E-state index in [0.717, 1.165) is 36.1 Å². The first-order chi connectivity index (χ1) is 9.72. The fourth-order valence-corrected chi connectivity index (χ4v) is 3.54. The molecule has 0 saturated carbocycles. The van der Waals surface area contributed by atoms with Crippen LogP contribution in [0.5, 0.6) is 0 Å². The average Bonchev–Trinajstić information content (AvgIpc) is 2.93. The minimum atomic E-state index is -0.381. The zero-order chi connectivity index (χ0) is 13.9. The number of nitrogens with zero attached hydrogens (tertiary/aromatic N) is 2. The molecule has 0 amide bonds. The lowest BCUT2D eigenvalue weighted by Crippen LogP contribution is -2.50. The van der Waals surface area contributed by atoms with Crippen LogP contribution in [0.2, 0.25) is 5.02 Å². The van der Waals surface area contributed by atoms with Gasteiger partial charge in [0.25, 0.3) is 0 Å². The van der Waals surface area contributed by atoms with E-state index in [2.05, 4.69) is 9.80 Å². The summed E-state index contributed by atoms with van der Waals surface area (Å²) in [6.45, 7) is 5.78. The normalized spacial score (nSPS) is 25.6. The summed E-state index contributed by atoms with van der Waals surface area (Å²) in [5.41, 5.74) is 0.967. The van der Waals surface area contributed by atoms with Crippen molar-refractivity contribution < 1.29 is 5.11 Å². The van der Waals surface area contributed by atoms with Gasteiger partial charge in [0, 0.05) is 37.2 Å². The number of piperazine rings is 1. The van der Waals surface area contributed by atoms with Gasteiger partial charge in [-0.25, -0.2) is 0 Å². The Hall–Kier alpha value is -0.610. The Balaban J connectivity index is 1.48. The summed E-state index contributed by atoms with van der Waals surface area (Å²) < 4.78 is 0. The number of aliphatic hydroxyl groups is 1. The van der Waals surface area contributed by atoms with Crippen LogP contribution in [0.3, 0.4) is 0 Å². The van der Waals surface area contributed by atoms with Gasteiger partial charge < -0.3 is 10.0 Å². The molecule has 2 aliphatic rings. The fourth-order valence-electron chi connectivity index (χ4n) is 3.42. The standard InChI is InChI=1S/C16H23ClN2O/c17-14-5-3-13(4-6-14)16(20)7-9-18-10-11-19-8-1-2-15(19)12-18/h3-6,15-16,20H,1-2,7-12H2. The van der Waals surface area contributed by atoms with Crippen LogP contribution in [-0.4, -0.2) is 53.7 Å². The number of benzene rings is 1. The van der Waals surface area contributed by atoms with Crippen LogP contribution >= 0.6 is 11.6 Å². The van der Waals surface area contributed by atoms with E-state index >= 15 is 0 Å². The molecule has 3 nitrogen and oxygen atoms in total. The van der Waals surface area contributed by atoms with Crippen LogP contribution in [0.15, 0.2) is 24.3 Å². The van der Waals surface area contributed by atoms with Crippen molar-refractivity contribution in [3.05, 3.63) is 34.9 Å². The van der Waals surface area contributed by atoms with Crippen LogP contribution in [0.4, 0.5) is 0 Å². The molecule has 1 aromatic carbocycles. The molecule has 0 spiro atoms. The van der Waals surface area contributed by atoms with Gasteiger partial charge in [0.1, 0.15) is 0 Å². The Labute approximate surface area is 126 Å². The monoisotopic (exact) mass is 294 g/mol. The van der Waals surface area contributed by atoms with Crippen molar-refractivity contribution >= 4 is 11.6 Å². The third-order valence-electron chi connectivity index (χ3n) is 4.65. The first kappa shape index (κ1) is 14.3. The summed E-state index contributed by atoms with van der Waals surface area (Å²) in [5, 5.41) is 11.0. The molecule has 0 radical (unpaired) electrons. The number of hydrogen-bond donors (Lipinski definition) is 1. The third kappa shape index (κ3) is 3.34. The maximum absolute atomic E-state index is 10.2. The van der Waals surface area contributed by atoms with Gasteiger partial charge in [-0.3, -0.25) is 4.90 Å². The maximum Gasteiger partial charge on any atom is 0.0802 e. The van der Waals surface area contributed by atoms with E-state index < -0.39 is 0 Å². The van der Waals surface area contributed by atoms with Crippen molar-refractivity contribution in [3.8, 4) is 0 Å². The molecule has 1 aromatic rings. The molecule has 20 heavy (non-hydrogen) atoms. The molecule has 2 saturated heterocycles. The van der Waals surface area contributed by atoms with Gasteiger partial charge in [-0.15, -0.1) is 0 Å². The quantitative estimate of drug-likeness (QED) is 0.924. The molecular formula is C16H23ClN2O. The average molecular weight is 295 g/mol. The summed E-state index contributed by atoms with van der Waals surface area (Å²) in [6, 6.07) is 8.29. The van der Waals surface area contributed by atoms with E-state index in [-0.39, 0.29) is 6.10 Å². The summed E-state index contributed by atoms with van der Waals surface area (Å²) in [7, 11) is 0. The maximum atomic E-state index is 10.2. The number of fused-ring (bicyclic) bond motifs is 1. The zero-order valence-corrected chi connectivity index (χ0v) is 12.6. The lowest BCUT2D eigenvalue weighted by atomic mass is 10.1. The Morgan fingerprint density at radius 1 is 1.20 bits per heavy atom. The number of halogens is 1. The van der Waals surface area contributed by atoms with Gasteiger partial charge in [-0.05, 0) is 43.5 Å². The van der Waals surface area contributed by atoms with Crippen molar-refractivity contribution in [2.24, 2.45) is 0 Å². The van der Waals surface area contributed by atoms with Crippen LogP contribution in [0.1, 0.15) is 30.9 Å². The highest BCUT2D eigenvalue weighted by atomic mass is 35.5. The topological polar surface area (TPSA) is 26.7 Å². The Kier molecular flexibility index (Phi) is 4.61. The summed E-state index contributed by atoms with van der Waals surface area (Å²) >= 11 is 5.87. The van der Waals surface area contributed by atoms with Crippen molar-refractivity contribution in [2.45, 2.75) is 31.4 Å². The van der Waals surface area contributed by atoms with Crippen molar-refractivity contribution in [2.75, 3.05) is 32.7 Å². The molecule has 2 fully saturated rings. The Morgan fingerprint density at radius 2 is 2.00 bits per heavy atom. The predicted molar refractivity (Wildman–Crippen MR) is 82.1 cm³/mol. The van der Waals surface area contributed by atoms with Crippen LogP contribution in [0, 0.1) is 0 Å². The van der Waals surface area contributed by atoms with Gasteiger partial charge in [0.15, 0.2) is 0 Å². The molecular weight excluding hydrogens is 272 g/mol. The van der Waals surface area contributed by atoms with Crippen LogP contribution in [-0.2, 0) is 0 Å². The smallest absolute Gasteiger partial charge is 0.0802 e. The third-order valence-corrected chi connectivity index (χ3v) is 4.90. The second-order valence-electron chi connectivity index (χ2n) is 5.99. The van der Waals surface area contributed by atoms with Gasteiger partial charge in [-0.1, -0.05) is 23.7 Å². The van der Waals surface area contributed by atoms with Crippen LogP contribution < -0.4 is 0 Å². The van der Waals surface area contributed by atoms with Gasteiger partial charge in [-0.2, -0.15) is 0 Å². The van der Waals surface area contributed by atoms with Crippen molar-refractivity contribution in [3.63, 3.8) is 0 Å². The van der Waals surface area contributed by atoms with Crippen molar-refractivity contribution in [1.29, 1.82) is 0 Å². The highest BCUT2D eigenvalue weighted by molar-refractivity contribution is 6.30. The summed E-state index contributed by atoms with van der Waals surface area (Å²) in [4.78, 5) is 5.12. The summed E-state index contributed by atoms with van der Waals surface area (Å²) in [5.74, 6) is 0. The van der Waals surface area contributed by atoms with Gasteiger partial charge >= 0.3 is 0 Å². The second kappa shape index (κ2) is 6.44. The molecule has 4 heteroatoms. The molecule has 1 N–H and O–H groups in total. The molecule has 2 atom stereocenters. The van der Waals surface area contributed by atoms with Gasteiger partial charge in [0.05, 0.1) is 6.10 Å². The largest absolute Gasteiger partial charge is 0.388 e. The highest BCUT2D eigenvalue weighted by Crippen LogP contribution is 2.23. The number of aliphatic hydroxyl groups excluding tert-OH is 1. The highest BCUT2D eigenvalue weighted by Gasteiger charge is 2.30. The molecule has 2 heterocycles. The van der Waals surface area contributed by atoms with Crippen molar-refractivity contribution in [1.82, 2.24) is 9.80 Å². The molecule has 2 unspecified atom stereocenters. The van der Waals surface area contributed by atoms with E-state index in [0.29, 0.717) is 0 Å². The number of rotatable bonds is 4. The lowest BCUT2D eigenvalue weighted by molar-refractivity contribution is 0.0835. The molecule has 0 aromatic heterocycles. The molecule has 110 valence electrons. The van der Waals surface area contributed by atoms with E-state index in [9.17, 15) is 5.11 Å². The lowest BCUT2D eigenvalue weighted by Gasteiger charge is -2.37.